The van der Waals surface area contributed by atoms with Crippen LogP contribution in [-0.4, -0.2) is 62.5 Å². The first kappa shape index (κ1) is 22.4. The van der Waals surface area contributed by atoms with E-state index in [0.717, 1.165) is 16.7 Å². The molecule has 1 heterocycles. The van der Waals surface area contributed by atoms with Crippen LogP contribution in [0.3, 0.4) is 0 Å². The number of carboxylic acid groups (broad SMARTS) is 1. The van der Waals surface area contributed by atoms with Crippen molar-refractivity contribution < 1.29 is 35.1 Å². The van der Waals surface area contributed by atoms with Crippen molar-refractivity contribution in [3.63, 3.8) is 0 Å². The molecule has 7 heteroatoms. The highest BCUT2D eigenvalue weighted by Crippen LogP contribution is 2.34. The zero-order valence-corrected chi connectivity index (χ0v) is 17.3. The predicted octanol–water partition coefficient (Wildman–Crippen LogP) is 1.79. The van der Waals surface area contributed by atoms with Gasteiger partial charge >= 0.3 is 5.97 Å². The second kappa shape index (κ2) is 9.36. The summed E-state index contributed by atoms with van der Waals surface area (Å²) in [6.45, 7) is -0.485. The van der Waals surface area contributed by atoms with Gasteiger partial charge in [0.25, 0.3) is 0 Å². The van der Waals surface area contributed by atoms with E-state index in [1.807, 2.05) is 48.5 Å². The number of rotatable bonds is 6. The van der Waals surface area contributed by atoms with Gasteiger partial charge in [-0.05, 0) is 40.7 Å². The minimum Gasteiger partial charge on any atom is -0.478 e. The van der Waals surface area contributed by atoms with Gasteiger partial charge in [0.2, 0.25) is 0 Å². The van der Waals surface area contributed by atoms with Gasteiger partial charge in [0, 0.05) is 0 Å². The number of aromatic carboxylic acids is 1. The molecule has 168 valence electrons. The third-order valence-corrected chi connectivity index (χ3v) is 6.06. The van der Waals surface area contributed by atoms with E-state index in [1.54, 1.807) is 12.1 Å². The van der Waals surface area contributed by atoms with Gasteiger partial charge in [-0.1, -0.05) is 60.7 Å². The summed E-state index contributed by atoms with van der Waals surface area (Å²) in [5, 5.41) is 49.6. The number of carboxylic acids is 1. The molecular formula is C25H26O7. The minimum absolute atomic E-state index is 0.307. The molecule has 32 heavy (non-hydrogen) atoms. The van der Waals surface area contributed by atoms with Crippen molar-refractivity contribution in [1.82, 2.24) is 0 Å². The Morgan fingerprint density at radius 3 is 2.41 bits per heavy atom. The van der Waals surface area contributed by atoms with Gasteiger partial charge in [-0.3, -0.25) is 0 Å². The Labute approximate surface area is 185 Å². The average molecular weight is 438 g/mol. The zero-order chi connectivity index (χ0) is 22.8. The van der Waals surface area contributed by atoms with Crippen molar-refractivity contribution in [3.8, 4) is 11.1 Å². The van der Waals surface area contributed by atoms with Crippen molar-refractivity contribution in [1.29, 1.82) is 0 Å². The topological polar surface area (TPSA) is 127 Å². The van der Waals surface area contributed by atoms with Crippen LogP contribution in [0.15, 0.2) is 60.7 Å². The quantitative estimate of drug-likeness (QED) is 0.397. The van der Waals surface area contributed by atoms with E-state index in [-0.39, 0.29) is 0 Å². The fourth-order valence-electron chi connectivity index (χ4n) is 4.38. The lowest BCUT2D eigenvalue weighted by Gasteiger charge is -2.40. The zero-order valence-electron chi connectivity index (χ0n) is 17.3. The Morgan fingerprint density at radius 1 is 0.875 bits per heavy atom. The number of hydrogen-bond acceptors (Lipinski definition) is 6. The number of ether oxygens (including phenoxy) is 1. The van der Waals surface area contributed by atoms with E-state index >= 15 is 0 Å². The molecule has 1 saturated heterocycles. The molecule has 5 N–H and O–H groups in total. The van der Waals surface area contributed by atoms with Gasteiger partial charge in [-0.2, -0.15) is 0 Å². The molecule has 1 fully saturated rings. The molecule has 1 aromatic rings. The summed E-state index contributed by atoms with van der Waals surface area (Å²) in [7, 11) is 0. The summed E-state index contributed by atoms with van der Waals surface area (Å²) >= 11 is 0. The fourth-order valence-corrected chi connectivity index (χ4v) is 4.38. The third-order valence-electron chi connectivity index (χ3n) is 6.06. The Bertz CT molecular complexity index is 1060. The molecule has 1 aromatic carbocycles. The highest BCUT2D eigenvalue weighted by atomic mass is 16.5. The summed E-state index contributed by atoms with van der Waals surface area (Å²) in [6, 6.07) is 18.4. The van der Waals surface area contributed by atoms with Crippen LogP contribution in [0.2, 0.25) is 0 Å². The molecular weight excluding hydrogens is 412 g/mol. The van der Waals surface area contributed by atoms with Gasteiger partial charge < -0.3 is 30.3 Å². The van der Waals surface area contributed by atoms with Crippen LogP contribution in [0.4, 0.5) is 0 Å². The highest BCUT2D eigenvalue weighted by molar-refractivity contribution is 5.99. The number of aliphatic hydroxyl groups excluding tert-OH is 4. The number of hydrogen-bond donors (Lipinski definition) is 5. The van der Waals surface area contributed by atoms with Crippen LogP contribution in [0, 0.1) is 0 Å². The molecule has 0 bridgehead atoms. The summed E-state index contributed by atoms with van der Waals surface area (Å²) in [5.74, 6) is -0.962. The second-order valence-electron chi connectivity index (χ2n) is 8.12. The van der Waals surface area contributed by atoms with Crippen LogP contribution in [-0.2, 0) is 17.6 Å². The van der Waals surface area contributed by atoms with Gasteiger partial charge in [0.1, 0.15) is 30.5 Å². The predicted molar refractivity (Wildman–Crippen MR) is 117 cm³/mol. The Kier molecular flexibility index (Phi) is 6.55. The van der Waals surface area contributed by atoms with E-state index in [1.165, 1.54) is 0 Å². The van der Waals surface area contributed by atoms with Crippen LogP contribution < -0.4 is 0 Å². The van der Waals surface area contributed by atoms with Crippen molar-refractivity contribution in [2.24, 2.45) is 0 Å². The molecule has 2 aliphatic carbocycles. The number of benzene rings is 1. The molecule has 3 aliphatic rings. The van der Waals surface area contributed by atoms with Crippen LogP contribution in [0.5, 0.6) is 0 Å². The van der Waals surface area contributed by atoms with E-state index < -0.39 is 43.1 Å². The van der Waals surface area contributed by atoms with Crippen molar-refractivity contribution in [3.05, 3.63) is 82.9 Å². The van der Waals surface area contributed by atoms with E-state index in [4.69, 9.17) is 4.74 Å². The maximum Gasteiger partial charge on any atom is 0.336 e. The molecule has 0 spiro atoms. The molecule has 7 nitrogen and oxygen atoms in total. The molecule has 4 rings (SSSR count). The molecule has 1 aliphatic heterocycles. The molecule has 5 atom stereocenters. The Morgan fingerprint density at radius 2 is 1.66 bits per heavy atom. The monoisotopic (exact) mass is 438 g/mol. The summed E-state index contributed by atoms with van der Waals surface area (Å²) in [6.07, 6.45) is -4.99. The summed E-state index contributed by atoms with van der Waals surface area (Å²) in [5.41, 5.74) is 4.15. The van der Waals surface area contributed by atoms with Crippen molar-refractivity contribution in [2.45, 2.75) is 43.4 Å². The third kappa shape index (κ3) is 4.26. The maximum absolute atomic E-state index is 11.9. The molecule has 0 unspecified atom stereocenters. The van der Waals surface area contributed by atoms with Gasteiger partial charge in [0.15, 0.2) is 0 Å². The minimum atomic E-state index is -1.44. The van der Waals surface area contributed by atoms with Crippen molar-refractivity contribution in [2.75, 3.05) is 6.61 Å². The fraction of sp³-hybridized carbons (Fsp3) is 0.320. The van der Waals surface area contributed by atoms with Crippen molar-refractivity contribution >= 4 is 5.97 Å². The molecule has 0 saturated carbocycles. The Hall–Kier alpha value is -2.81. The first-order chi connectivity index (χ1) is 15.4. The van der Waals surface area contributed by atoms with Crippen LogP contribution >= 0.6 is 0 Å². The van der Waals surface area contributed by atoms with Crippen LogP contribution in [0.25, 0.3) is 11.1 Å². The van der Waals surface area contributed by atoms with Gasteiger partial charge in [-0.15, -0.1) is 0 Å². The van der Waals surface area contributed by atoms with Gasteiger partial charge in [-0.25, -0.2) is 4.79 Å². The normalized spacial score (nSPS) is 25.7. The lowest BCUT2D eigenvalue weighted by molar-refractivity contribution is -0.231. The number of fused-ring (bicyclic) bond motifs is 1. The summed E-state index contributed by atoms with van der Waals surface area (Å²) < 4.78 is 5.65. The highest BCUT2D eigenvalue weighted by Gasteiger charge is 2.43. The lowest BCUT2D eigenvalue weighted by Crippen LogP contribution is -2.55. The smallest absolute Gasteiger partial charge is 0.336 e. The number of aliphatic hydroxyl groups is 4. The second-order valence-corrected chi connectivity index (χ2v) is 8.12. The molecule has 0 radical (unpaired) electrons. The SMILES string of the molecule is O=C(O)c1c(CCc2cccc([C@@H]3O[C@H](CO)[C@@H](O)[C@H](O)[C@H]3O)c2)cc2cccccc1-2. The standard InChI is InChI=1S/C25H26O7/c26-13-19-21(27)22(28)23(29)24(32-19)17-7-4-5-14(11-17)9-10-16-12-15-6-2-1-3-8-18(15)20(16)25(30)31/h1-8,11-12,19,21-24,26-29H,9-10,13H2,(H,30,31)/t19-,21-,22+,23-,24+/m1/s1. The van der Waals surface area contributed by atoms with Crippen LogP contribution in [0.1, 0.15) is 33.2 Å². The first-order valence-corrected chi connectivity index (χ1v) is 10.5. The largest absolute Gasteiger partial charge is 0.478 e. The van der Waals surface area contributed by atoms with E-state index in [0.29, 0.717) is 29.5 Å². The Balaban J connectivity index is 1.57. The van der Waals surface area contributed by atoms with E-state index in [9.17, 15) is 30.3 Å². The lowest BCUT2D eigenvalue weighted by atomic mass is 9.90. The van der Waals surface area contributed by atoms with Gasteiger partial charge in [0.05, 0.1) is 12.2 Å². The average Bonchev–Trinajstić information content (AvgIpc) is 2.98. The maximum atomic E-state index is 11.9. The molecule has 0 amide bonds. The number of carbonyl (C=O) groups is 1. The summed E-state index contributed by atoms with van der Waals surface area (Å²) in [4.78, 5) is 11.9. The number of aryl methyl sites for hydroxylation is 2. The van der Waals surface area contributed by atoms with E-state index in [2.05, 4.69) is 0 Å². The first-order valence-electron chi connectivity index (χ1n) is 10.5. The molecule has 0 aromatic heterocycles.